The Morgan fingerprint density at radius 1 is 1.55 bits per heavy atom. The summed E-state index contributed by atoms with van der Waals surface area (Å²) < 4.78 is 0. The van der Waals surface area contributed by atoms with Crippen molar-refractivity contribution >= 4 is 5.69 Å². The van der Waals surface area contributed by atoms with E-state index < -0.39 is 0 Å². The van der Waals surface area contributed by atoms with Crippen molar-refractivity contribution in [2.24, 2.45) is 0 Å². The molecule has 1 aromatic rings. The molecule has 0 bridgehead atoms. The van der Waals surface area contributed by atoms with Crippen molar-refractivity contribution < 1.29 is 0 Å². The van der Waals surface area contributed by atoms with Crippen LogP contribution in [0.5, 0.6) is 0 Å². The first kappa shape index (κ1) is 7.85. The molecule has 0 unspecified atom stereocenters. The largest absolute Gasteiger partial charge is 0.394 e. The van der Waals surface area contributed by atoms with Gasteiger partial charge in [0, 0.05) is 6.20 Å². The van der Waals surface area contributed by atoms with Crippen molar-refractivity contribution in [3.63, 3.8) is 0 Å². The first-order chi connectivity index (χ1) is 5.13. The lowest BCUT2D eigenvalue weighted by molar-refractivity contribution is 0.864. The number of nitrogens with two attached hydrogens (primary N) is 1. The summed E-state index contributed by atoms with van der Waals surface area (Å²) in [6, 6.07) is 1.83. The molecule has 0 atom stereocenters. The highest BCUT2D eigenvalue weighted by molar-refractivity contribution is 5.45. The topological polar surface area (TPSA) is 58.9 Å². The summed E-state index contributed by atoms with van der Waals surface area (Å²) in [6.07, 6.45) is 1.62. The van der Waals surface area contributed by atoms with Crippen LogP contribution in [0.4, 0.5) is 5.69 Å². The minimum Gasteiger partial charge on any atom is -0.394 e. The molecule has 3 heteroatoms. The normalized spacial score (nSPS) is 10.5. The van der Waals surface area contributed by atoms with Crippen LogP contribution in [0.25, 0.3) is 0 Å². The predicted octanol–water partition coefficient (Wildman–Crippen LogP) is 1.08. The third-order valence-corrected chi connectivity index (χ3v) is 1.65. The van der Waals surface area contributed by atoms with Gasteiger partial charge in [0.25, 0.3) is 5.56 Å². The number of anilines is 1. The van der Waals surface area contributed by atoms with Crippen molar-refractivity contribution in [2.75, 3.05) is 5.73 Å². The van der Waals surface area contributed by atoms with E-state index in [1.807, 2.05) is 19.9 Å². The maximum Gasteiger partial charge on any atom is 0.271 e. The summed E-state index contributed by atoms with van der Waals surface area (Å²) in [6.45, 7) is 4.01. The van der Waals surface area contributed by atoms with Crippen molar-refractivity contribution in [3.05, 3.63) is 28.2 Å². The number of aromatic nitrogens is 1. The highest BCUT2D eigenvalue weighted by Crippen LogP contribution is 2.16. The third kappa shape index (κ3) is 1.42. The molecule has 0 saturated carbocycles. The van der Waals surface area contributed by atoms with Crippen LogP contribution < -0.4 is 11.3 Å². The van der Waals surface area contributed by atoms with Gasteiger partial charge in [0.15, 0.2) is 0 Å². The fourth-order valence-corrected chi connectivity index (χ4v) is 1.01. The number of H-pyrrole nitrogens is 1. The molecule has 0 aliphatic rings. The number of hydrogen-bond acceptors (Lipinski definition) is 2. The van der Waals surface area contributed by atoms with Gasteiger partial charge in [0.05, 0.1) is 0 Å². The SMILES string of the molecule is CC(C)c1cc[nH]c(=O)c1N. The maximum absolute atomic E-state index is 11.0. The number of rotatable bonds is 1. The van der Waals surface area contributed by atoms with Gasteiger partial charge in [-0.1, -0.05) is 13.8 Å². The van der Waals surface area contributed by atoms with Crippen LogP contribution in [0.15, 0.2) is 17.1 Å². The minimum absolute atomic E-state index is 0.198. The van der Waals surface area contributed by atoms with E-state index in [1.54, 1.807) is 6.20 Å². The lowest BCUT2D eigenvalue weighted by Gasteiger charge is -2.06. The van der Waals surface area contributed by atoms with Crippen LogP contribution in [0, 0.1) is 0 Å². The van der Waals surface area contributed by atoms with Gasteiger partial charge >= 0.3 is 0 Å². The zero-order valence-corrected chi connectivity index (χ0v) is 6.72. The van der Waals surface area contributed by atoms with Crippen molar-refractivity contribution in [3.8, 4) is 0 Å². The second-order valence-corrected chi connectivity index (χ2v) is 2.83. The van der Waals surface area contributed by atoms with Crippen LogP contribution in [0.2, 0.25) is 0 Å². The summed E-state index contributed by atoms with van der Waals surface area (Å²) in [7, 11) is 0. The Morgan fingerprint density at radius 2 is 2.18 bits per heavy atom. The Kier molecular flexibility index (Phi) is 1.98. The van der Waals surface area contributed by atoms with Gasteiger partial charge in [-0.3, -0.25) is 4.79 Å². The average Bonchev–Trinajstić information content (AvgIpc) is 1.94. The average molecular weight is 152 g/mol. The molecule has 3 nitrogen and oxygen atoms in total. The number of hydrogen-bond donors (Lipinski definition) is 2. The van der Waals surface area contributed by atoms with Crippen LogP contribution >= 0.6 is 0 Å². The quantitative estimate of drug-likeness (QED) is 0.632. The molecule has 0 radical (unpaired) electrons. The van der Waals surface area contributed by atoms with E-state index in [-0.39, 0.29) is 5.56 Å². The van der Waals surface area contributed by atoms with E-state index >= 15 is 0 Å². The van der Waals surface area contributed by atoms with E-state index in [0.717, 1.165) is 5.56 Å². The van der Waals surface area contributed by atoms with Crippen LogP contribution in [-0.2, 0) is 0 Å². The fraction of sp³-hybridized carbons (Fsp3) is 0.375. The van der Waals surface area contributed by atoms with E-state index in [1.165, 1.54) is 0 Å². The summed E-state index contributed by atoms with van der Waals surface area (Å²) in [5, 5.41) is 0. The molecule has 0 saturated heterocycles. The molecule has 1 aromatic heterocycles. The summed E-state index contributed by atoms with van der Waals surface area (Å²) in [4.78, 5) is 13.5. The predicted molar refractivity (Wildman–Crippen MR) is 45.6 cm³/mol. The lowest BCUT2D eigenvalue weighted by Crippen LogP contribution is -2.14. The minimum atomic E-state index is -0.198. The highest BCUT2D eigenvalue weighted by atomic mass is 16.1. The number of aromatic amines is 1. The van der Waals surface area contributed by atoms with Gasteiger partial charge < -0.3 is 10.7 Å². The second kappa shape index (κ2) is 2.78. The van der Waals surface area contributed by atoms with Crippen LogP contribution in [0.1, 0.15) is 25.3 Å². The zero-order chi connectivity index (χ0) is 8.43. The second-order valence-electron chi connectivity index (χ2n) is 2.83. The molecular weight excluding hydrogens is 140 g/mol. The van der Waals surface area contributed by atoms with Gasteiger partial charge in [-0.05, 0) is 17.5 Å². The molecule has 1 rings (SSSR count). The summed E-state index contributed by atoms with van der Waals surface area (Å²) in [5.41, 5.74) is 6.59. The van der Waals surface area contributed by atoms with Crippen molar-refractivity contribution in [1.29, 1.82) is 0 Å². The van der Waals surface area contributed by atoms with Crippen molar-refractivity contribution in [1.82, 2.24) is 4.98 Å². The Labute approximate surface area is 65.2 Å². The Morgan fingerprint density at radius 3 is 2.64 bits per heavy atom. The molecule has 3 N–H and O–H groups in total. The Balaban J connectivity index is 3.28. The first-order valence-corrected chi connectivity index (χ1v) is 3.60. The molecule has 0 amide bonds. The zero-order valence-electron chi connectivity index (χ0n) is 6.72. The van der Waals surface area contributed by atoms with E-state index in [9.17, 15) is 4.79 Å². The smallest absolute Gasteiger partial charge is 0.271 e. The molecule has 0 aliphatic carbocycles. The highest BCUT2D eigenvalue weighted by Gasteiger charge is 2.04. The first-order valence-electron chi connectivity index (χ1n) is 3.60. The third-order valence-electron chi connectivity index (χ3n) is 1.65. The molecule has 11 heavy (non-hydrogen) atoms. The van der Waals surface area contributed by atoms with Crippen LogP contribution in [0.3, 0.4) is 0 Å². The summed E-state index contributed by atoms with van der Waals surface area (Å²) >= 11 is 0. The number of nitrogens with one attached hydrogen (secondary N) is 1. The number of nitrogen functional groups attached to an aromatic ring is 1. The van der Waals surface area contributed by atoms with Gasteiger partial charge in [0.1, 0.15) is 5.69 Å². The van der Waals surface area contributed by atoms with Gasteiger partial charge in [0.2, 0.25) is 0 Å². The molecule has 0 aromatic carbocycles. The fourth-order valence-electron chi connectivity index (χ4n) is 1.01. The molecule has 0 spiro atoms. The molecule has 60 valence electrons. The van der Waals surface area contributed by atoms with E-state index in [0.29, 0.717) is 11.6 Å². The summed E-state index contributed by atoms with van der Waals surface area (Å²) in [5.74, 6) is 0.303. The molecule has 0 aliphatic heterocycles. The Hall–Kier alpha value is -1.25. The van der Waals surface area contributed by atoms with Gasteiger partial charge in [-0.2, -0.15) is 0 Å². The lowest BCUT2D eigenvalue weighted by atomic mass is 10.0. The van der Waals surface area contributed by atoms with E-state index in [2.05, 4.69) is 4.98 Å². The van der Waals surface area contributed by atoms with Crippen molar-refractivity contribution in [2.45, 2.75) is 19.8 Å². The van der Waals surface area contributed by atoms with Gasteiger partial charge in [-0.25, -0.2) is 0 Å². The maximum atomic E-state index is 11.0. The molecule has 1 heterocycles. The standard InChI is InChI=1S/C8H12N2O/c1-5(2)6-3-4-10-8(11)7(6)9/h3-5H,9H2,1-2H3,(H,10,11). The molecular formula is C8H12N2O. The Bertz CT molecular complexity index is 301. The van der Waals surface area contributed by atoms with E-state index in [4.69, 9.17) is 5.73 Å². The molecule has 0 fully saturated rings. The monoisotopic (exact) mass is 152 g/mol. The van der Waals surface area contributed by atoms with Gasteiger partial charge in [-0.15, -0.1) is 0 Å². The number of pyridine rings is 1. The van der Waals surface area contributed by atoms with Crippen LogP contribution in [-0.4, -0.2) is 4.98 Å².